The van der Waals surface area contributed by atoms with Gasteiger partial charge >= 0.3 is 12.1 Å². The van der Waals surface area contributed by atoms with Crippen LogP contribution in [0.15, 0.2) is 60.8 Å². The van der Waals surface area contributed by atoms with Crippen LogP contribution in [0.2, 0.25) is 0 Å². The number of nitrogens with zero attached hydrogens (tertiary/aromatic N) is 6. The molecule has 6 bridgehead atoms. The van der Waals surface area contributed by atoms with Gasteiger partial charge in [-0.25, -0.2) is 5.43 Å². The standard InChI is InChI=1S/C57H71F3N8O7.5H2S/c1-35(2)48(66-27-23-56(53(66)73)22-26-65(32-56)46(69)20-21-55(6,7)64(8)9)50(70)62-44-29-37-14-11-15-38(28-37)39-18-19-45-41(30-39)42(31-54(4,5)34-75-52(72)43-17-13-25-68(63-43)51(44)71)49(67(45)33-57(58,59)60)40-16-12-24-61-47(40)36(3)74-10;;;;;/h11-12,14-16,18-19,24,28,30,35-36,43-44,48,63H,13,17,22-23,25-27,29,31-34H2,1-10H3,(H,62,70);5*1H2/t36-,43-,44-,48-,56-;;;;;/m0...../s1. The minimum Gasteiger partial charge on any atom is -0.464 e. The van der Waals surface area contributed by atoms with Crippen molar-refractivity contribution in [3.8, 4) is 34.2 Å². The maximum absolute atomic E-state index is 14.9. The lowest BCUT2D eigenvalue weighted by molar-refractivity contribution is -0.155. The number of amides is 4. The van der Waals surface area contributed by atoms with Gasteiger partial charge in [0.15, 0.2) is 0 Å². The van der Waals surface area contributed by atoms with Gasteiger partial charge in [-0.2, -0.15) is 80.6 Å². The molecule has 0 saturated carbocycles. The molecule has 0 unspecified atom stereocenters. The quantitative estimate of drug-likeness (QED) is 0.126. The molecule has 4 aliphatic heterocycles. The summed E-state index contributed by atoms with van der Waals surface area (Å²) in [7, 11) is 5.30. The molecule has 0 aliphatic carbocycles. The van der Waals surface area contributed by atoms with Crippen molar-refractivity contribution in [2.75, 3.05) is 54.0 Å². The summed E-state index contributed by atoms with van der Waals surface area (Å²) in [6.45, 7) is 12.8. The van der Waals surface area contributed by atoms with Gasteiger partial charge in [-0.15, -0.1) is 0 Å². The van der Waals surface area contributed by atoms with Crippen LogP contribution in [0.5, 0.6) is 0 Å². The molecule has 6 heterocycles. The average molecular weight is 1210 g/mol. The smallest absolute Gasteiger partial charge is 0.406 e. The second-order valence-corrected chi connectivity index (χ2v) is 22.7. The normalized spacial score (nSPS) is 20.9. The summed E-state index contributed by atoms with van der Waals surface area (Å²) in [4.78, 5) is 81.4. The van der Waals surface area contributed by atoms with Crippen LogP contribution < -0.4 is 10.7 Å². The number of halogens is 3. The van der Waals surface area contributed by atoms with E-state index in [9.17, 15) is 37.1 Å². The number of benzene rings is 2. The highest BCUT2D eigenvalue weighted by molar-refractivity contribution is 7.60. The third-order valence-corrected chi connectivity index (χ3v) is 15.7. The first-order chi connectivity index (χ1) is 35.3. The van der Waals surface area contributed by atoms with Gasteiger partial charge in [-0.1, -0.05) is 63.9 Å². The van der Waals surface area contributed by atoms with Crippen LogP contribution in [0.1, 0.15) is 97.1 Å². The van der Waals surface area contributed by atoms with Crippen molar-refractivity contribution < 1.29 is 46.6 Å². The molecule has 3 fully saturated rings. The second-order valence-electron chi connectivity index (χ2n) is 22.7. The van der Waals surface area contributed by atoms with Crippen molar-refractivity contribution in [3.63, 3.8) is 0 Å². The Balaban J connectivity index is 0.00000336. The molecule has 0 radical (unpaired) electrons. The number of hydrogen-bond donors (Lipinski definition) is 2. The maximum Gasteiger partial charge on any atom is 0.406 e. The van der Waals surface area contributed by atoms with E-state index >= 15 is 0 Å². The topological polar surface area (TPSA) is 159 Å². The van der Waals surface area contributed by atoms with Gasteiger partial charge in [0.25, 0.3) is 11.8 Å². The van der Waals surface area contributed by atoms with Crippen molar-refractivity contribution in [1.82, 2.24) is 40.0 Å². The fourth-order valence-corrected chi connectivity index (χ4v) is 11.0. The van der Waals surface area contributed by atoms with E-state index in [2.05, 4.69) is 27.6 Å². The summed E-state index contributed by atoms with van der Waals surface area (Å²) in [6.07, 6.45) is -1.63. The van der Waals surface area contributed by atoms with E-state index in [-0.39, 0.29) is 124 Å². The summed E-state index contributed by atoms with van der Waals surface area (Å²) >= 11 is 0. The van der Waals surface area contributed by atoms with Crippen LogP contribution in [0.4, 0.5) is 13.2 Å². The molecule has 4 aromatic rings. The predicted octanol–water partition coefficient (Wildman–Crippen LogP) is 7.67. The molecule has 5 atom stereocenters. The van der Waals surface area contributed by atoms with Crippen LogP contribution in [0.25, 0.3) is 33.3 Å². The van der Waals surface area contributed by atoms with Gasteiger partial charge in [0, 0.05) is 67.8 Å². The van der Waals surface area contributed by atoms with Gasteiger partial charge in [0.2, 0.25) is 11.8 Å². The van der Waals surface area contributed by atoms with Crippen LogP contribution in [-0.4, -0.2) is 143 Å². The van der Waals surface area contributed by atoms with Gasteiger partial charge in [-0.3, -0.25) is 38.9 Å². The Bertz CT molecular complexity index is 2950. The molecule has 442 valence electrons. The number of carbonyl (C=O) groups excluding carboxylic acids is 5. The number of fused-ring (bicyclic) bond motifs is 6. The number of hydrogen-bond acceptors (Lipinski definition) is 10. The number of rotatable bonds is 9. The number of likely N-dealkylation sites (tertiary alicyclic amines) is 2. The molecule has 2 N–H and O–H groups in total. The van der Waals surface area contributed by atoms with Crippen LogP contribution in [0, 0.1) is 28.6 Å². The van der Waals surface area contributed by atoms with Gasteiger partial charge < -0.3 is 29.2 Å². The summed E-state index contributed by atoms with van der Waals surface area (Å²) in [5.41, 5.74) is 5.27. The van der Waals surface area contributed by atoms with E-state index in [1.165, 1.54) is 16.7 Å². The molecule has 15 nitrogen and oxygen atoms in total. The Hall–Kier alpha value is -4.54. The SMILES string of the molecule is CO[C@@H](C)c1ncccc1-c1c2c3cc(ccc3n1CC(F)(F)F)-c1cccc(c1)C[C@H](NC(=O)[C@H](C(C)C)N1CC[C@]3(CCN(C(=O)C#CC(C)(C)N(C)C)C3)C1=O)C(=O)N1CCC[C@H](N1)C(=O)OCC(C)(C)C2.S.S.S.S.S. The summed E-state index contributed by atoms with van der Waals surface area (Å²) in [5.74, 6) is 3.30. The van der Waals surface area contributed by atoms with E-state index < -0.39 is 71.1 Å². The third kappa shape index (κ3) is 15.0. The minimum atomic E-state index is -4.60. The number of cyclic esters (lactones) is 1. The van der Waals surface area contributed by atoms with Crippen molar-refractivity contribution >= 4 is 108 Å². The summed E-state index contributed by atoms with van der Waals surface area (Å²) in [5, 5.41) is 5.00. The lowest BCUT2D eigenvalue weighted by Gasteiger charge is -2.37. The largest absolute Gasteiger partial charge is 0.464 e. The molecule has 1 spiro atoms. The molecule has 2 aromatic heterocycles. The molecule has 4 aliphatic rings. The number of carbonyl (C=O) groups is 5. The Morgan fingerprint density at radius 2 is 1.64 bits per heavy atom. The lowest BCUT2D eigenvalue weighted by atomic mass is 9.84. The summed E-state index contributed by atoms with van der Waals surface area (Å²) < 4.78 is 57.3. The molecule has 23 heteroatoms. The molecule has 3 saturated heterocycles. The van der Waals surface area contributed by atoms with Crippen LogP contribution in [-0.2, 0) is 52.8 Å². The van der Waals surface area contributed by atoms with Crippen LogP contribution in [0.3, 0.4) is 0 Å². The number of methoxy groups -OCH3 is 1. The number of ether oxygens (including phenoxy) is 2. The Labute approximate surface area is 503 Å². The van der Waals surface area contributed by atoms with Crippen LogP contribution >= 0.6 is 67.5 Å². The van der Waals surface area contributed by atoms with Gasteiger partial charge in [-0.05, 0) is 125 Å². The fourth-order valence-electron chi connectivity index (χ4n) is 11.0. The molecule has 8 rings (SSSR count). The zero-order valence-electron chi connectivity index (χ0n) is 47.3. The Morgan fingerprint density at radius 1 is 0.950 bits per heavy atom. The van der Waals surface area contributed by atoms with E-state index in [0.717, 1.165) is 5.56 Å². The highest BCUT2D eigenvalue weighted by Gasteiger charge is 2.54. The number of esters is 1. The first-order valence-corrected chi connectivity index (χ1v) is 26.0. The molecular weight excluding hydrogens is 1130 g/mol. The first-order valence-electron chi connectivity index (χ1n) is 26.0. The lowest BCUT2D eigenvalue weighted by Crippen LogP contribution is -2.62. The van der Waals surface area contributed by atoms with E-state index in [0.29, 0.717) is 76.8 Å². The third-order valence-electron chi connectivity index (χ3n) is 15.7. The molecular formula is C57H81F3N8O7S5. The van der Waals surface area contributed by atoms with Crippen molar-refractivity contribution in [3.05, 3.63) is 77.6 Å². The molecule has 4 amide bonds. The maximum atomic E-state index is 14.9. The second kappa shape index (κ2) is 27.7. The van der Waals surface area contributed by atoms with Crippen molar-refractivity contribution in [2.45, 2.75) is 129 Å². The Morgan fingerprint density at radius 3 is 2.30 bits per heavy atom. The highest BCUT2D eigenvalue weighted by atomic mass is 32.1. The van der Waals surface area contributed by atoms with Crippen molar-refractivity contribution in [2.24, 2.45) is 16.7 Å². The first kappa shape index (κ1) is 69.7. The predicted molar refractivity (Wildman–Crippen MR) is 330 cm³/mol. The van der Waals surface area contributed by atoms with E-state index in [1.807, 2.05) is 90.9 Å². The monoisotopic (exact) mass is 1210 g/mol. The minimum absolute atomic E-state index is 0. The zero-order valence-corrected chi connectivity index (χ0v) is 52.3. The number of aromatic nitrogens is 2. The summed E-state index contributed by atoms with van der Waals surface area (Å²) in [6, 6.07) is 13.3. The average Bonchev–Trinajstić information content (AvgIpc) is 4.03. The number of alkyl halides is 3. The molecule has 80 heavy (non-hydrogen) atoms. The van der Waals surface area contributed by atoms with E-state index in [4.69, 9.17) is 9.47 Å². The van der Waals surface area contributed by atoms with Gasteiger partial charge in [0.05, 0.1) is 35.1 Å². The number of hydrazine groups is 1. The highest BCUT2D eigenvalue weighted by Crippen LogP contribution is 2.44. The van der Waals surface area contributed by atoms with Crippen molar-refractivity contribution in [1.29, 1.82) is 0 Å². The number of pyridine rings is 1. The van der Waals surface area contributed by atoms with Gasteiger partial charge in [0.1, 0.15) is 24.7 Å². The zero-order chi connectivity index (χ0) is 54.4. The molecule has 2 aromatic carbocycles. The van der Waals surface area contributed by atoms with E-state index in [1.54, 1.807) is 47.2 Å². The number of nitrogens with one attached hydrogen (secondary N) is 2. The Kier molecular flexibility index (Phi) is 24.1. The fraction of sp³-hybridized carbons (Fsp3) is 0.544.